The summed E-state index contributed by atoms with van der Waals surface area (Å²) in [5.74, 6) is 0. The van der Waals surface area contributed by atoms with Crippen molar-refractivity contribution in [1.29, 1.82) is 0 Å². The first kappa shape index (κ1) is 14.3. The second-order valence-electron chi connectivity index (χ2n) is 5.08. The second-order valence-corrected chi connectivity index (χ2v) is 5.08. The summed E-state index contributed by atoms with van der Waals surface area (Å²) in [4.78, 5) is 0. The molecule has 3 rings (SSSR count). The summed E-state index contributed by atoms with van der Waals surface area (Å²) in [5, 5.41) is 19.0. The summed E-state index contributed by atoms with van der Waals surface area (Å²) >= 11 is 0. The summed E-state index contributed by atoms with van der Waals surface area (Å²) in [5.41, 5.74) is 4.01. The monoisotopic (exact) mass is 295 g/mol. The van der Waals surface area contributed by atoms with E-state index in [-0.39, 0.29) is 0 Å². The zero-order chi connectivity index (χ0) is 15.5. The molecule has 5 nitrogen and oxygen atoms in total. The van der Waals surface area contributed by atoms with Crippen LogP contribution in [0, 0.1) is 6.92 Å². The lowest BCUT2D eigenvalue weighted by Crippen LogP contribution is -2.10. The number of benzene rings is 2. The van der Waals surface area contributed by atoms with Gasteiger partial charge in [0.2, 0.25) is 0 Å². The Bertz CT molecular complexity index is 806. The van der Waals surface area contributed by atoms with E-state index >= 15 is 0 Å². The van der Waals surface area contributed by atoms with Crippen molar-refractivity contribution in [3.05, 3.63) is 65.9 Å². The zero-order valence-electron chi connectivity index (χ0n) is 12.5. The zero-order valence-corrected chi connectivity index (χ0v) is 12.5. The molecule has 1 aromatic heterocycles. The lowest BCUT2D eigenvalue weighted by Gasteiger charge is -2.15. The van der Waals surface area contributed by atoms with Crippen molar-refractivity contribution in [1.82, 2.24) is 15.0 Å². The molecule has 0 bridgehead atoms. The number of methoxy groups -OCH3 is 1. The number of aromatic nitrogens is 3. The third-order valence-electron chi connectivity index (χ3n) is 3.51. The molecule has 2 aromatic carbocycles. The summed E-state index contributed by atoms with van der Waals surface area (Å²) < 4.78 is 6.73. The van der Waals surface area contributed by atoms with Gasteiger partial charge in [-0.25, -0.2) is 4.68 Å². The van der Waals surface area contributed by atoms with Crippen molar-refractivity contribution in [2.45, 2.75) is 13.0 Å². The molecule has 1 heterocycles. The van der Waals surface area contributed by atoms with Crippen LogP contribution in [0.5, 0.6) is 0 Å². The number of para-hydroxylation sites is 1. The van der Waals surface area contributed by atoms with Gasteiger partial charge in [-0.2, -0.15) is 0 Å². The number of aliphatic hydroxyl groups is 1. The lowest BCUT2D eigenvalue weighted by molar-refractivity contribution is 0.223. The van der Waals surface area contributed by atoms with Crippen LogP contribution < -0.4 is 0 Å². The summed E-state index contributed by atoms with van der Waals surface area (Å²) in [6.07, 6.45) is 0.636. The van der Waals surface area contributed by atoms with Crippen molar-refractivity contribution < 1.29 is 9.84 Å². The maximum Gasteiger partial charge on any atom is 0.124 e. The van der Waals surface area contributed by atoms with Gasteiger partial charge in [-0.15, -0.1) is 5.10 Å². The molecule has 0 fully saturated rings. The molecule has 0 saturated heterocycles. The first-order valence-corrected chi connectivity index (χ1v) is 6.99. The highest BCUT2D eigenvalue weighted by molar-refractivity contribution is 5.78. The number of nitrogens with zero attached hydrogens (tertiary/aromatic N) is 3. The molecule has 1 unspecified atom stereocenters. The van der Waals surface area contributed by atoms with E-state index in [2.05, 4.69) is 10.3 Å². The fourth-order valence-corrected chi connectivity index (χ4v) is 2.33. The van der Waals surface area contributed by atoms with Gasteiger partial charge < -0.3 is 9.84 Å². The van der Waals surface area contributed by atoms with E-state index in [4.69, 9.17) is 4.74 Å². The van der Waals surface area contributed by atoms with Crippen LogP contribution in [0.2, 0.25) is 0 Å². The molecule has 0 amide bonds. The number of aliphatic hydroxyl groups excluding tert-OH is 1. The van der Waals surface area contributed by atoms with Gasteiger partial charge in [0.25, 0.3) is 0 Å². The van der Waals surface area contributed by atoms with E-state index in [9.17, 15) is 5.11 Å². The Morgan fingerprint density at radius 2 is 1.91 bits per heavy atom. The SMILES string of the molecule is CO/C=C(\C(O)c1ccc(C)cc1)n1nnc2ccccc21. The number of fused-ring (bicyclic) bond motifs is 1. The molecule has 0 saturated carbocycles. The van der Waals surface area contributed by atoms with Gasteiger partial charge in [0, 0.05) is 0 Å². The maximum absolute atomic E-state index is 10.7. The Hall–Kier alpha value is -2.66. The smallest absolute Gasteiger partial charge is 0.124 e. The third kappa shape index (κ3) is 2.58. The van der Waals surface area contributed by atoms with E-state index in [1.807, 2.05) is 55.5 Å². The van der Waals surface area contributed by atoms with E-state index in [0.29, 0.717) is 5.70 Å². The van der Waals surface area contributed by atoms with Crippen LogP contribution in [0.4, 0.5) is 0 Å². The molecule has 0 aliphatic rings. The van der Waals surface area contributed by atoms with Gasteiger partial charge in [-0.05, 0) is 24.6 Å². The number of hydrogen-bond acceptors (Lipinski definition) is 4. The first-order valence-electron chi connectivity index (χ1n) is 6.99. The third-order valence-corrected chi connectivity index (χ3v) is 3.51. The maximum atomic E-state index is 10.7. The van der Waals surface area contributed by atoms with Crippen LogP contribution in [-0.2, 0) is 4.74 Å². The van der Waals surface area contributed by atoms with E-state index in [1.54, 1.807) is 11.8 Å². The van der Waals surface area contributed by atoms with Crippen LogP contribution in [-0.4, -0.2) is 27.2 Å². The Balaban J connectivity index is 2.06. The Labute approximate surface area is 128 Å². The van der Waals surface area contributed by atoms with Gasteiger partial charge in [-0.3, -0.25) is 0 Å². The molecule has 0 aliphatic heterocycles. The largest absolute Gasteiger partial charge is 0.502 e. The van der Waals surface area contributed by atoms with Crippen molar-refractivity contribution in [2.24, 2.45) is 0 Å². The minimum Gasteiger partial charge on any atom is -0.502 e. The lowest BCUT2D eigenvalue weighted by atomic mass is 10.1. The van der Waals surface area contributed by atoms with Crippen molar-refractivity contribution in [3.63, 3.8) is 0 Å². The highest BCUT2D eigenvalue weighted by Crippen LogP contribution is 2.27. The Kier molecular flexibility index (Phi) is 3.89. The van der Waals surface area contributed by atoms with Gasteiger partial charge in [0.1, 0.15) is 23.6 Å². The van der Waals surface area contributed by atoms with Crippen molar-refractivity contribution >= 4 is 16.7 Å². The number of hydrogen-bond donors (Lipinski definition) is 1. The fourth-order valence-electron chi connectivity index (χ4n) is 2.33. The minimum atomic E-state index is -0.856. The van der Waals surface area contributed by atoms with E-state index < -0.39 is 6.10 Å². The molecule has 0 radical (unpaired) electrons. The number of rotatable bonds is 4. The quantitative estimate of drug-likeness (QED) is 0.752. The molecular weight excluding hydrogens is 278 g/mol. The number of aryl methyl sites for hydroxylation is 1. The highest BCUT2D eigenvalue weighted by atomic mass is 16.5. The molecule has 1 atom stereocenters. The first-order chi connectivity index (χ1) is 10.7. The van der Waals surface area contributed by atoms with Gasteiger partial charge in [-0.1, -0.05) is 47.2 Å². The van der Waals surface area contributed by atoms with Gasteiger partial charge in [0.15, 0.2) is 0 Å². The molecule has 22 heavy (non-hydrogen) atoms. The van der Waals surface area contributed by atoms with Gasteiger partial charge >= 0.3 is 0 Å². The Morgan fingerprint density at radius 3 is 2.64 bits per heavy atom. The molecule has 1 N–H and O–H groups in total. The van der Waals surface area contributed by atoms with Gasteiger partial charge in [0.05, 0.1) is 12.6 Å². The van der Waals surface area contributed by atoms with Crippen molar-refractivity contribution in [3.8, 4) is 0 Å². The normalized spacial score (nSPS) is 13.3. The average Bonchev–Trinajstić information content (AvgIpc) is 2.96. The molecule has 5 heteroatoms. The molecule has 3 aromatic rings. The van der Waals surface area contributed by atoms with Crippen molar-refractivity contribution in [2.75, 3.05) is 7.11 Å². The summed E-state index contributed by atoms with van der Waals surface area (Å²) in [6, 6.07) is 15.3. The standard InChI is InChI=1S/C17H17N3O2/c1-12-7-9-13(10-8-12)17(21)16(11-22-2)20-15-6-4-3-5-14(15)18-19-20/h3-11,17,21H,1-2H3/b16-11+. The van der Waals surface area contributed by atoms with Crippen LogP contribution in [0.15, 0.2) is 54.8 Å². The van der Waals surface area contributed by atoms with Crippen LogP contribution in [0.1, 0.15) is 17.2 Å². The topological polar surface area (TPSA) is 60.2 Å². The fraction of sp³-hybridized carbons (Fsp3) is 0.176. The summed E-state index contributed by atoms with van der Waals surface area (Å²) in [7, 11) is 1.54. The molecule has 0 aliphatic carbocycles. The summed E-state index contributed by atoms with van der Waals surface area (Å²) in [6.45, 7) is 2.01. The molecule has 112 valence electrons. The van der Waals surface area contributed by atoms with E-state index in [1.165, 1.54) is 6.26 Å². The minimum absolute atomic E-state index is 0.514. The molecular formula is C17H17N3O2. The average molecular weight is 295 g/mol. The predicted octanol–water partition coefficient (Wildman–Crippen LogP) is 2.92. The molecule has 0 spiro atoms. The second kappa shape index (κ2) is 5.99. The Morgan fingerprint density at radius 1 is 1.18 bits per heavy atom. The van der Waals surface area contributed by atoms with Crippen LogP contribution in [0.3, 0.4) is 0 Å². The number of ether oxygens (including phenoxy) is 1. The van der Waals surface area contributed by atoms with Crippen LogP contribution in [0.25, 0.3) is 16.7 Å². The van der Waals surface area contributed by atoms with E-state index in [0.717, 1.165) is 22.2 Å². The highest BCUT2D eigenvalue weighted by Gasteiger charge is 2.19. The predicted molar refractivity (Wildman–Crippen MR) is 84.9 cm³/mol. The van der Waals surface area contributed by atoms with Crippen LogP contribution >= 0.6 is 0 Å².